The van der Waals surface area contributed by atoms with Crippen LogP contribution < -0.4 is 5.32 Å². The van der Waals surface area contributed by atoms with Crippen LogP contribution in [0.3, 0.4) is 0 Å². The van der Waals surface area contributed by atoms with Gasteiger partial charge in [0.25, 0.3) is 5.91 Å². The predicted molar refractivity (Wildman–Crippen MR) is 68.5 cm³/mol. The van der Waals surface area contributed by atoms with E-state index in [-0.39, 0.29) is 36.3 Å². The summed E-state index contributed by atoms with van der Waals surface area (Å²) in [6, 6.07) is 0.745. The van der Waals surface area contributed by atoms with Crippen molar-refractivity contribution in [1.29, 1.82) is 0 Å². The highest BCUT2D eigenvalue weighted by Gasteiger charge is 2.41. The molecule has 1 aliphatic rings. The standard InChI is InChI=1S/C13H13ClF4N2O/c14-8-5-10(11(15)19-6-8)12(21)20-9-3-1-7(2-4-9)13(16,17)18/h5-7,9H,1-4H2,(H,20,21). The molecule has 0 spiro atoms. The summed E-state index contributed by atoms with van der Waals surface area (Å²) >= 11 is 5.64. The van der Waals surface area contributed by atoms with Gasteiger partial charge in [0.05, 0.1) is 16.5 Å². The molecule has 1 aliphatic carbocycles. The molecule has 1 aromatic heterocycles. The molecule has 1 N–H and O–H groups in total. The number of amides is 1. The first-order chi connectivity index (χ1) is 9.77. The summed E-state index contributed by atoms with van der Waals surface area (Å²) in [6.45, 7) is 0. The minimum Gasteiger partial charge on any atom is -0.349 e. The second-order valence-corrected chi connectivity index (χ2v) is 5.49. The maximum atomic E-state index is 13.4. The number of carbonyl (C=O) groups excluding carboxylic acids is 1. The van der Waals surface area contributed by atoms with Crippen LogP contribution in [0.4, 0.5) is 17.6 Å². The molecule has 1 heterocycles. The first-order valence-electron chi connectivity index (χ1n) is 6.46. The summed E-state index contributed by atoms with van der Waals surface area (Å²) in [5.41, 5.74) is -0.305. The molecule has 21 heavy (non-hydrogen) atoms. The van der Waals surface area contributed by atoms with Crippen molar-refractivity contribution in [2.45, 2.75) is 37.9 Å². The number of pyridine rings is 1. The van der Waals surface area contributed by atoms with Gasteiger partial charge in [-0.05, 0) is 31.7 Å². The molecule has 0 atom stereocenters. The third kappa shape index (κ3) is 4.06. The van der Waals surface area contributed by atoms with Crippen molar-refractivity contribution >= 4 is 17.5 Å². The van der Waals surface area contributed by atoms with Crippen LogP contribution in [0.5, 0.6) is 0 Å². The van der Waals surface area contributed by atoms with Gasteiger partial charge >= 0.3 is 6.18 Å². The van der Waals surface area contributed by atoms with Gasteiger partial charge in [0.15, 0.2) is 0 Å². The molecule has 1 amide bonds. The fourth-order valence-electron chi connectivity index (χ4n) is 2.41. The molecule has 8 heteroatoms. The van der Waals surface area contributed by atoms with Crippen molar-refractivity contribution in [3.63, 3.8) is 0 Å². The van der Waals surface area contributed by atoms with Gasteiger partial charge in [0.1, 0.15) is 0 Å². The van der Waals surface area contributed by atoms with Crippen LogP contribution in [-0.4, -0.2) is 23.1 Å². The predicted octanol–water partition coefficient (Wildman–Crippen LogP) is 3.73. The number of carbonyl (C=O) groups is 1. The van der Waals surface area contributed by atoms with Crippen molar-refractivity contribution in [1.82, 2.24) is 10.3 Å². The Balaban J connectivity index is 1.94. The molecule has 0 saturated heterocycles. The lowest BCUT2D eigenvalue weighted by Crippen LogP contribution is -2.40. The lowest BCUT2D eigenvalue weighted by Gasteiger charge is -2.30. The van der Waals surface area contributed by atoms with Crippen LogP contribution in [0.15, 0.2) is 12.3 Å². The Kier molecular flexibility index (Phi) is 4.70. The number of rotatable bonds is 2. The third-order valence-electron chi connectivity index (χ3n) is 3.58. The Labute approximate surface area is 123 Å². The summed E-state index contributed by atoms with van der Waals surface area (Å²) in [7, 11) is 0. The van der Waals surface area contributed by atoms with Gasteiger partial charge in [-0.1, -0.05) is 11.6 Å². The summed E-state index contributed by atoms with van der Waals surface area (Å²) in [4.78, 5) is 15.2. The Morgan fingerprint density at radius 1 is 1.29 bits per heavy atom. The first-order valence-corrected chi connectivity index (χ1v) is 6.84. The molecule has 0 radical (unpaired) electrons. The number of nitrogens with zero attached hydrogens (tertiary/aromatic N) is 1. The van der Waals surface area contributed by atoms with Gasteiger partial charge in [0, 0.05) is 12.2 Å². The smallest absolute Gasteiger partial charge is 0.349 e. The first kappa shape index (κ1) is 16.0. The molecule has 2 rings (SSSR count). The van der Waals surface area contributed by atoms with E-state index in [0.717, 1.165) is 12.3 Å². The minimum atomic E-state index is -4.20. The monoisotopic (exact) mass is 324 g/mol. The highest BCUT2D eigenvalue weighted by molar-refractivity contribution is 6.30. The van der Waals surface area contributed by atoms with Crippen LogP contribution in [0.25, 0.3) is 0 Å². The topological polar surface area (TPSA) is 42.0 Å². The van der Waals surface area contributed by atoms with E-state index in [0.29, 0.717) is 0 Å². The van der Waals surface area contributed by atoms with Gasteiger partial charge < -0.3 is 5.32 Å². The largest absolute Gasteiger partial charge is 0.391 e. The minimum absolute atomic E-state index is 0.0370. The van der Waals surface area contributed by atoms with Crippen molar-refractivity contribution < 1.29 is 22.4 Å². The molecule has 1 aromatic rings. The summed E-state index contributed by atoms with van der Waals surface area (Å²) in [5.74, 6) is -2.99. The van der Waals surface area contributed by atoms with E-state index in [1.165, 1.54) is 0 Å². The molecule has 0 unspecified atom stereocenters. The summed E-state index contributed by atoms with van der Waals surface area (Å²) in [6.07, 6.45) is -2.77. The zero-order chi connectivity index (χ0) is 15.6. The Hall–Kier alpha value is -1.37. The molecule has 1 fully saturated rings. The quantitative estimate of drug-likeness (QED) is 0.665. The van der Waals surface area contributed by atoms with Crippen molar-refractivity contribution in [3.05, 3.63) is 28.8 Å². The molecule has 0 aromatic carbocycles. The number of hydrogen-bond donors (Lipinski definition) is 1. The zero-order valence-electron chi connectivity index (χ0n) is 10.9. The van der Waals surface area contributed by atoms with Crippen LogP contribution in [0.2, 0.25) is 5.02 Å². The van der Waals surface area contributed by atoms with Gasteiger partial charge in [-0.2, -0.15) is 17.6 Å². The molecular formula is C13H13ClF4N2O. The van der Waals surface area contributed by atoms with Gasteiger partial charge in [-0.3, -0.25) is 4.79 Å². The molecular weight excluding hydrogens is 312 g/mol. The van der Waals surface area contributed by atoms with Crippen molar-refractivity contribution in [2.75, 3.05) is 0 Å². The second-order valence-electron chi connectivity index (χ2n) is 5.06. The molecule has 1 saturated carbocycles. The lowest BCUT2D eigenvalue weighted by molar-refractivity contribution is -0.182. The average molecular weight is 325 g/mol. The molecule has 3 nitrogen and oxygen atoms in total. The zero-order valence-corrected chi connectivity index (χ0v) is 11.6. The van der Waals surface area contributed by atoms with Gasteiger partial charge in [-0.15, -0.1) is 0 Å². The van der Waals surface area contributed by atoms with E-state index < -0.39 is 30.0 Å². The SMILES string of the molecule is O=C(NC1CCC(C(F)(F)F)CC1)c1cc(Cl)cnc1F. The summed E-state index contributed by atoms with van der Waals surface area (Å²) < 4.78 is 51.0. The van der Waals surface area contributed by atoms with E-state index in [1.54, 1.807) is 0 Å². The summed E-state index contributed by atoms with van der Waals surface area (Å²) in [5, 5.41) is 2.64. The van der Waals surface area contributed by atoms with E-state index in [4.69, 9.17) is 11.6 Å². The van der Waals surface area contributed by atoms with Gasteiger partial charge in [-0.25, -0.2) is 4.98 Å². The van der Waals surface area contributed by atoms with E-state index in [2.05, 4.69) is 10.3 Å². The fraction of sp³-hybridized carbons (Fsp3) is 0.538. The van der Waals surface area contributed by atoms with Crippen molar-refractivity contribution in [2.24, 2.45) is 5.92 Å². The molecule has 0 bridgehead atoms. The number of aromatic nitrogens is 1. The van der Waals surface area contributed by atoms with E-state index >= 15 is 0 Å². The second kappa shape index (κ2) is 6.17. The van der Waals surface area contributed by atoms with E-state index in [9.17, 15) is 22.4 Å². The fourth-order valence-corrected chi connectivity index (χ4v) is 2.57. The number of halogens is 5. The molecule has 116 valence electrons. The highest BCUT2D eigenvalue weighted by Crippen LogP contribution is 2.37. The number of nitrogens with one attached hydrogen (secondary N) is 1. The maximum absolute atomic E-state index is 13.4. The van der Waals surface area contributed by atoms with Crippen molar-refractivity contribution in [3.8, 4) is 0 Å². The van der Waals surface area contributed by atoms with Crippen LogP contribution >= 0.6 is 11.6 Å². The lowest BCUT2D eigenvalue weighted by atomic mass is 9.85. The van der Waals surface area contributed by atoms with Gasteiger partial charge in [0.2, 0.25) is 5.95 Å². The number of hydrogen-bond acceptors (Lipinski definition) is 2. The average Bonchev–Trinajstić information content (AvgIpc) is 2.41. The Morgan fingerprint density at radius 3 is 2.48 bits per heavy atom. The van der Waals surface area contributed by atoms with E-state index in [1.807, 2.05) is 0 Å². The third-order valence-corrected chi connectivity index (χ3v) is 3.78. The Morgan fingerprint density at radius 2 is 1.90 bits per heavy atom. The maximum Gasteiger partial charge on any atom is 0.391 e. The number of alkyl halides is 3. The normalized spacial score (nSPS) is 22.9. The molecule has 0 aliphatic heterocycles. The van der Waals surface area contributed by atoms with Crippen LogP contribution in [0, 0.1) is 11.9 Å². The Bertz CT molecular complexity index is 527. The van der Waals surface area contributed by atoms with Crippen LogP contribution in [0.1, 0.15) is 36.0 Å². The van der Waals surface area contributed by atoms with Crippen LogP contribution in [-0.2, 0) is 0 Å². The highest BCUT2D eigenvalue weighted by atomic mass is 35.5.